The van der Waals surface area contributed by atoms with E-state index in [9.17, 15) is 24.6 Å². The molecule has 0 bridgehead atoms. The Labute approximate surface area is 153 Å². The summed E-state index contributed by atoms with van der Waals surface area (Å²) in [4.78, 5) is 36.5. The Kier molecular flexibility index (Phi) is 9.53. The van der Waals surface area contributed by atoms with Crippen LogP contribution in [0, 0.1) is 0 Å². The SMILES string of the molecule is CCC(O)CN(CCCCC1NC(=O)C(CC(=O)O)NC1=O)CC(C)O. The standard InChI is InChI=1S/C17H31N3O6/c1-3-12(22)10-20(9-11(2)21)7-5-4-6-13-16(25)19-14(8-15(23)24)17(26)18-13/h11-14,21-22H,3-10H2,1-2H3,(H,18,26)(H,19,25)(H,23,24). The maximum absolute atomic E-state index is 12.0. The van der Waals surface area contributed by atoms with Crippen LogP contribution in [-0.4, -0.2) is 81.9 Å². The maximum Gasteiger partial charge on any atom is 0.305 e. The summed E-state index contributed by atoms with van der Waals surface area (Å²) in [6.07, 6.45) is 1.16. The molecular formula is C17H31N3O6. The Bertz CT molecular complexity index is 485. The fourth-order valence-corrected chi connectivity index (χ4v) is 2.94. The smallest absolute Gasteiger partial charge is 0.305 e. The molecular weight excluding hydrogens is 342 g/mol. The number of piperazine rings is 1. The van der Waals surface area contributed by atoms with Crippen molar-refractivity contribution in [2.24, 2.45) is 0 Å². The summed E-state index contributed by atoms with van der Waals surface area (Å²) in [5.74, 6) is -1.98. The topological polar surface area (TPSA) is 139 Å². The number of nitrogens with one attached hydrogen (secondary N) is 2. The van der Waals surface area contributed by atoms with E-state index < -0.39 is 42.6 Å². The highest BCUT2D eigenvalue weighted by atomic mass is 16.4. The first kappa shape index (κ1) is 22.3. The molecule has 0 aromatic heterocycles. The second-order valence-electron chi connectivity index (χ2n) is 6.89. The third-order valence-corrected chi connectivity index (χ3v) is 4.32. The minimum atomic E-state index is -1.14. The number of rotatable bonds is 12. The number of unbranched alkanes of at least 4 members (excludes halogenated alkanes) is 1. The number of aliphatic carboxylic acids is 1. The van der Waals surface area contributed by atoms with Gasteiger partial charge in [0, 0.05) is 13.1 Å². The van der Waals surface area contributed by atoms with Crippen LogP contribution < -0.4 is 10.6 Å². The zero-order chi connectivity index (χ0) is 19.7. The highest BCUT2D eigenvalue weighted by molar-refractivity contribution is 5.98. The van der Waals surface area contributed by atoms with E-state index in [0.29, 0.717) is 38.9 Å². The van der Waals surface area contributed by atoms with Gasteiger partial charge < -0.3 is 26.0 Å². The highest BCUT2D eigenvalue weighted by Crippen LogP contribution is 2.09. The maximum atomic E-state index is 12.0. The number of carboxylic acids is 1. The van der Waals surface area contributed by atoms with Gasteiger partial charge in [0.1, 0.15) is 12.1 Å². The minimum Gasteiger partial charge on any atom is -0.481 e. The summed E-state index contributed by atoms with van der Waals surface area (Å²) in [6.45, 7) is 5.22. The van der Waals surface area contributed by atoms with Gasteiger partial charge in [-0.2, -0.15) is 0 Å². The predicted octanol–water partition coefficient (Wildman–Crippen LogP) is -0.932. The van der Waals surface area contributed by atoms with Gasteiger partial charge in [-0.1, -0.05) is 6.92 Å². The van der Waals surface area contributed by atoms with Crippen molar-refractivity contribution >= 4 is 17.8 Å². The third kappa shape index (κ3) is 8.11. The molecule has 4 unspecified atom stereocenters. The van der Waals surface area contributed by atoms with Gasteiger partial charge in [-0.05, 0) is 39.2 Å². The Morgan fingerprint density at radius 2 is 1.73 bits per heavy atom. The van der Waals surface area contributed by atoms with E-state index in [1.807, 2.05) is 11.8 Å². The zero-order valence-electron chi connectivity index (χ0n) is 15.5. The van der Waals surface area contributed by atoms with Crippen molar-refractivity contribution in [1.82, 2.24) is 15.5 Å². The van der Waals surface area contributed by atoms with E-state index in [-0.39, 0.29) is 5.91 Å². The highest BCUT2D eigenvalue weighted by Gasteiger charge is 2.34. The molecule has 0 spiro atoms. The molecule has 26 heavy (non-hydrogen) atoms. The van der Waals surface area contributed by atoms with Gasteiger partial charge in [-0.25, -0.2) is 0 Å². The number of amides is 2. The Morgan fingerprint density at radius 3 is 2.31 bits per heavy atom. The number of aliphatic hydroxyl groups is 2. The number of hydrogen-bond donors (Lipinski definition) is 5. The fraction of sp³-hybridized carbons (Fsp3) is 0.824. The lowest BCUT2D eigenvalue weighted by atomic mass is 10.0. The summed E-state index contributed by atoms with van der Waals surface area (Å²) in [6, 6.07) is -1.67. The van der Waals surface area contributed by atoms with Crippen LogP contribution in [0.1, 0.15) is 46.0 Å². The normalized spacial score (nSPS) is 22.7. The Morgan fingerprint density at radius 1 is 1.12 bits per heavy atom. The summed E-state index contributed by atoms with van der Waals surface area (Å²) < 4.78 is 0. The fourth-order valence-electron chi connectivity index (χ4n) is 2.94. The van der Waals surface area contributed by atoms with Crippen LogP contribution in [-0.2, 0) is 14.4 Å². The van der Waals surface area contributed by atoms with Crippen LogP contribution in [0.4, 0.5) is 0 Å². The van der Waals surface area contributed by atoms with E-state index in [1.54, 1.807) is 6.92 Å². The van der Waals surface area contributed by atoms with Crippen LogP contribution in [0.2, 0.25) is 0 Å². The van der Waals surface area contributed by atoms with Gasteiger partial charge in [0.25, 0.3) is 0 Å². The molecule has 150 valence electrons. The molecule has 0 aromatic carbocycles. The molecule has 1 aliphatic rings. The van der Waals surface area contributed by atoms with Crippen molar-refractivity contribution in [3.63, 3.8) is 0 Å². The summed E-state index contributed by atoms with van der Waals surface area (Å²) in [5.41, 5.74) is 0. The Balaban J connectivity index is 2.38. The quantitative estimate of drug-likeness (QED) is 0.278. The monoisotopic (exact) mass is 373 g/mol. The molecule has 1 rings (SSSR count). The number of nitrogens with zero attached hydrogens (tertiary/aromatic N) is 1. The molecule has 4 atom stereocenters. The third-order valence-electron chi connectivity index (χ3n) is 4.32. The van der Waals surface area contributed by atoms with E-state index in [0.717, 1.165) is 6.42 Å². The lowest BCUT2D eigenvalue weighted by Gasteiger charge is -2.29. The predicted molar refractivity (Wildman–Crippen MR) is 94.4 cm³/mol. The first-order chi connectivity index (χ1) is 12.2. The molecule has 1 saturated heterocycles. The molecule has 9 nitrogen and oxygen atoms in total. The number of hydrogen-bond acceptors (Lipinski definition) is 6. The van der Waals surface area contributed by atoms with E-state index in [4.69, 9.17) is 5.11 Å². The van der Waals surface area contributed by atoms with Crippen LogP contribution in [0.25, 0.3) is 0 Å². The van der Waals surface area contributed by atoms with Gasteiger partial charge in [0.05, 0.1) is 18.6 Å². The minimum absolute atomic E-state index is 0.363. The average Bonchev–Trinajstić information content (AvgIpc) is 2.54. The van der Waals surface area contributed by atoms with E-state index in [1.165, 1.54) is 0 Å². The molecule has 2 amide bonds. The summed E-state index contributed by atoms with van der Waals surface area (Å²) >= 11 is 0. The summed E-state index contributed by atoms with van der Waals surface area (Å²) in [5, 5.41) is 33.1. The van der Waals surface area contributed by atoms with Crippen LogP contribution >= 0.6 is 0 Å². The molecule has 1 aliphatic heterocycles. The van der Waals surface area contributed by atoms with Gasteiger partial charge >= 0.3 is 5.97 Å². The van der Waals surface area contributed by atoms with Crippen LogP contribution in [0.15, 0.2) is 0 Å². The van der Waals surface area contributed by atoms with E-state index >= 15 is 0 Å². The molecule has 1 heterocycles. The second-order valence-corrected chi connectivity index (χ2v) is 6.89. The number of carbonyl (C=O) groups excluding carboxylic acids is 2. The van der Waals surface area contributed by atoms with Gasteiger partial charge in [-0.15, -0.1) is 0 Å². The second kappa shape index (κ2) is 11.1. The van der Waals surface area contributed by atoms with Gasteiger partial charge in [0.15, 0.2) is 0 Å². The van der Waals surface area contributed by atoms with Crippen molar-refractivity contribution in [2.75, 3.05) is 19.6 Å². The van der Waals surface area contributed by atoms with Crippen molar-refractivity contribution in [2.45, 2.75) is 70.2 Å². The van der Waals surface area contributed by atoms with Crippen LogP contribution in [0.5, 0.6) is 0 Å². The lowest BCUT2D eigenvalue weighted by Crippen LogP contribution is -2.62. The first-order valence-corrected chi connectivity index (χ1v) is 9.14. The molecule has 0 aliphatic carbocycles. The zero-order valence-corrected chi connectivity index (χ0v) is 15.5. The Hall–Kier alpha value is -1.71. The van der Waals surface area contributed by atoms with E-state index in [2.05, 4.69) is 10.6 Å². The number of aliphatic hydroxyl groups excluding tert-OH is 2. The van der Waals surface area contributed by atoms with Crippen molar-refractivity contribution in [1.29, 1.82) is 0 Å². The molecule has 1 fully saturated rings. The first-order valence-electron chi connectivity index (χ1n) is 9.14. The molecule has 0 radical (unpaired) electrons. The summed E-state index contributed by atoms with van der Waals surface area (Å²) in [7, 11) is 0. The van der Waals surface area contributed by atoms with Crippen LogP contribution in [0.3, 0.4) is 0 Å². The molecule has 5 N–H and O–H groups in total. The van der Waals surface area contributed by atoms with Gasteiger partial charge in [0.2, 0.25) is 11.8 Å². The molecule has 0 saturated carbocycles. The molecule has 0 aromatic rings. The number of carbonyl (C=O) groups is 3. The average molecular weight is 373 g/mol. The van der Waals surface area contributed by atoms with Gasteiger partial charge in [-0.3, -0.25) is 19.3 Å². The lowest BCUT2D eigenvalue weighted by molar-refractivity contribution is -0.143. The largest absolute Gasteiger partial charge is 0.481 e. The van der Waals surface area contributed by atoms with Crippen molar-refractivity contribution in [3.8, 4) is 0 Å². The number of carboxylic acid groups (broad SMARTS) is 1. The van der Waals surface area contributed by atoms with Crippen molar-refractivity contribution < 1.29 is 29.7 Å². The molecule has 9 heteroatoms. The van der Waals surface area contributed by atoms with Crippen molar-refractivity contribution in [3.05, 3.63) is 0 Å².